The average Bonchev–Trinajstić information content (AvgIpc) is 2.38. The lowest BCUT2D eigenvalue weighted by Gasteiger charge is -2.12. The Morgan fingerprint density at radius 3 is 2.22 bits per heavy atom. The molecule has 1 aliphatic rings. The second-order valence-electron chi connectivity index (χ2n) is 5.73. The highest BCUT2D eigenvalue weighted by atomic mass is 14.1. The van der Waals surface area contributed by atoms with Gasteiger partial charge in [-0.1, -0.05) is 61.4 Å². The number of hydrogen-bond donors (Lipinski definition) is 0. The molecular weight excluding hydrogens is 216 g/mol. The number of hydrogen-bond acceptors (Lipinski definition) is 0. The molecule has 0 unspecified atom stereocenters. The third-order valence-corrected chi connectivity index (χ3v) is 3.83. The predicted octanol–water partition coefficient (Wildman–Crippen LogP) is 5.41. The Kier molecular flexibility index (Phi) is 4.41. The molecule has 0 N–H and O–H groups in total. The van der Waals surface area contributed by atoms with E-state index >= 15 is 0 Å². The van der Waals surface area contributed by atoms with Crippen molar-refractivity contribution in [2.45, 2.75) is 52.4 Å². The Morgan fingerprint density at radius 1 is 0.944 bits per heavy atom. The molecule has 0 heteroatoms. The smallest absolute Gasteiger partial charge is 0.0219 e. The molecule has 96 valence electrons. The van der Waals surface area contributed by atoms with Crippen molar-refractivity contribution in [2.24, 2.45) is 0 Å². The summed E-state index contributed by atoms with van der Waals surface area (Å²) in [4.78, 5) is 0. The summed E-state index contributed by atoms with van der Waals surface area (Å²) in [5.41, 5.74) is 6.02. The molecule has 0 aromatic heterocycles. The van der Waals surface area contributed by atoms with Crippen LogP contribution in [0.4, 0.5) is 0 Å². The molecule has 0 nitrogen and oxygen atoms in total. The van der Waals surface area contributed by atoms with Crippen LogP contribution in [0.2, 0.25) is 0 Å². The second-order valence-corrected chi connectivity index (χ2v) is 5.73. The monoisotopic (exact) mass is 240 g/mol. The lowest BCUT2D eigenvalue weighted by Crippen LogP contribution is -1.95. The molecule has 0 fully saturated rings. The Morgan fingerprint density at radius 2 is 1.67 bits per heavy atom. The van der Waals surface area contributed by atoms with Crippen molar-refractivity contribution in [1.29, 1.82) is 0 Å². The van der Waals surface area contributed by atoms with E-state index in [-0.39, 0.29) is 0 Å². The lowest BCUT2D eigenvalue weighted by atomic mass is 9.94. The van der Waals surface area contributed by atoms with Crippen LogP contribution < -0.4 is 0 Å². The molecule has 0 bridgehead atoms. The zero-order valence-corrected chi connectivity index (χ0v) is 11.9. The molecule has 0 spiro atoms. The molecule has 18 heavy (non-hydrogen) atoms. The number of rotatable bonds is 4. The lowest BCUT2D eigenvalue weighted by molar-refractivity contribution is 0.814. The van der Waals surface area contributed by atoms with Crippen LogP contribution in [0.1, 0.15) is 57.1 Å². The Labute approximate surface area is 111 Å². The minimum atomic E-state index is 0.633. The van der Waals surface area contributed by atoms with Crippen LogP contribution in [0.25, 0.3) is 0 Å². The van der Waals surface area contributed by atoms with Crippen LogP contribution in [0.3, 0.4) is 0 Å². The first kappa shape index (κ1) is 13.1. The topological polar surface area (TPSA) is 0 Å². The van der Waals surface area contributed by atoms with Crippen LogP contribution in [0.15, 0.2) is 47.6 Å². The van der Waals surface area contributed by atoms with Crippen LogP contribution >= 0.6 is 0 Å². The van der Waals surface area contributed by atoms with Gasteiger partial charge in [-0.15, -0.1) is 0 Å². The summed E-state index contributed by atoms with van der Waals surface area (Å²) < 4.78 is 0. The quantitative estimate of drug-likeness (QED) is 0.660. The summed E-state index contributed by atoms with van der Waals surface area (Å²) in [6.07, 6.45) is 9.49. The van der Waals surface area contributed by atoms with Crippen LogP contribution in [-0.2, 0) is 6.42 Å². The van der Waals surface area contributed by atoms with E-state index in [1.54, 1.807) is 5.57 Å². The molecule has 1 aliphatic carbocycles. The maximum atomic E-state index is 2.32. The number of allylic oxidation sites excluding steroid dienone is 4. The maximum absolute atomic E-state index is 2.32. The van der Waals surface area contributed by atoms with Gasteiger partial charge in [-0.25, -0.2) is 0 Å². The fraction of sp³-hybridized carbons (Fsp3) is 0.444. The molecule has 2 rings (SSSR count). The molecule has 0 saturated heterocycles. The van der Waals surface area contributed by atoms with Crippen LogP contribution in [0, 0.1) is 0 Å². The van der Waals surface area contributed by atoms with E-state index in [2.05, 4.69) is 57.2 Å². The highest BCUT2D eigenvalue weighted by Crippen LogP contribution is 2.22. The third-order valence-electron chi connectivity index (χ3n) is 3.83. The molecule has 0 aliphatic heterocycles. The van der Waals surface area contributed by atoms with Crippen molar-refractivity contribution >= 4 is 0 Å². The summed E-state index contributed by atoms with van der Waals surface area (Å²) in [7, 11) is 0. The van der Waals surface area contributed by atoms with Gasteiger partial charge in [0.05, 0.1) is 0 Å². The minimum absolute atomic E-state index is 0.633. The van der Waals surface area contributed by atoms with Gasteiger partial charge in [-0.3, -0.25) is 0 Å². The maximum Gasteiger partial charge on any atom is -0.0219 e. The molecule has 1 aromatic rings. The SMILES string of the molecule is CC1=CC=C(CCc2ccc(C(C)C)cc2)CC1. The molecule has 0 heterocycles. The number of benzene rings is 1. The van der Waals surface area contributed by atoms with Gasteiger partial charge in [-0.05, 0) is 49.7 Å². The van der Waals surface area contributed by atoms with Crippen molar-refractivity contribution in [1.82, 2.24) is 0 Å². The minimum Gasteiger partial charge on any atom is -0.0730 e. The average molecular weight is 240 g/mol. The Bertz CT molecular complexity index is 443. The molecular formula is C18H24. The van der Waals surface area contributed by atoms with E-state index in [1.165, 1.54) is 42.4 Å². The van der Waals surface area contributed by atoms with Gasteiger partial charge in [0.1, 0.15) is 0 Å². The molecule has 0 amide bonds. The van der Waals surface area contributed by atoms with Crippen molar-refractivity contribution in [3.05, 3.63) is 58.7 Å². The zero-order valence-electron chi connectivity index (χ0n) is 11.9. The van der Waals surface area contributed by atoms with Gasteiger partial charge in [0.25, 0.3) is 0 Å². The standard InChI is InChI=1S/C18H24/c1-14(2)18-12-10-17(11-13-18)9-8-16-6-4-15(3)5-7-16/h4,6,10-14H,5,7-9H2,1-3H3. The highest BCUT2D eigenvalue weighted by molar-refractivity contribution is 5.27. The van der Waals surface area contributed by atoms with Gasteiger partial charge in [0.2, 0.25) is 0 Å². The molecule has 1 aromatic carbocycles. The van der Waals surface area contributed by atoms with Crippen molar-refractivity contribution in [3.8, 4) is 0 Å². The summed E-state index contributed by atoms with van der Waals surface area (Å²) in [5.74, 6) is 0.633. The van der Waals surface area contributed by atoms with Gasteiger partial charge < -0.3 is 0 Å². The number of aryl methyl sites for hydroxylation is 1. The van der Waals surface area contributed by atoms with E-state index < -0.39 is 0 Å². The molecule has 0 radical (unpaired) electrons. The summed E-state index contributed by atoms with van der Waals surface area (Å²) in [6.45, 7) is 6.71. The van der Waals surface area contributed by atoms with E-state index in [1.807, 2.05) is 0 Å². The fourth-order valence-corrected chi connectivity index (χ4v) is 2.37. The normalized spacial score (nSPS) is 15.6. The van der Waals surface area contributed by atoms with Crippen molar-refractivity contribution < 1.29 is 0 Å². The third kappa shape index (κ3) is 3.60. The van der Waals surface area contributed by atoms with E-state index in [0.717, 1.165) is 0 Å². The Hall–Kier alpha value is -1.30. The predicted molar refractivity (Wildman–Crippen MR) is 79.9 cm³/mol. The van der Waals surface area contributed by atoms with Gasteiger partial charge in [-0.2, -0.15) is 0 Å². The van der Waals surface area contributed by atoms with Gasteiger partial charge in [0, 0.05) is 0 Å². The zero-order chi connectivity index (χ0) is 13.0. The van der Waals surface area contributed by atoms with Crippen molar-refractivity contribution in [3.63, 3.8) is 0 Å². The second kappa shape index (κ2) is 6.04. The Balaban J connectivity index is 1.91. The summed E-state index contributed by atoms with van der Waals surface area (Å²) in [6, 6.07) is 9.14. The fourth-order valence-electron chi connectivity index (χ4n) is 2.37. The van der Waals surface area contributed by atoms with Crippen LogP contribution in [0.5, 0.6) is 0 Å². The first-order chi connectivity index (χ1) is 8.65. The first-order valence-corrected chi connectivity index (χ1v) is 7.09. The highest BCUT2D eigenvalue weighted by Gasteiger charge is 2.04. The van der Waals surface area contributed by atoms with Crippen molar-refractivity contribution in [2.75, 3.05) is 0 Å². The molecule has 0 atom stereocenters. The summed E-state index contributed by atoms with van der Waals surface area (Å²) >= 11 is 0. The van der Waals surface area contributed by atoms with E-state index in [9.17, 15) is 0 Å². The first-order valence-electron chi connectivity index (χ1n) is 7.09. The van der Waals surface area contributed by atoms with E-state index in [0.29, 0.717) is 5.92 Å². The van der Waals surface area contributed by atoms with E-state index in [4.69, 9.17) is 0 Å². The summed E-state index contributed by atoms with van der Waals surface area (Å²) in [5, 5.41) is 0. The van der Waals surface area contributed by atoms with Crippen LogP contribution in [-0.4, -0.2) is 0 Å². The van der Waals surface area contributed by atoms with Gasteiger partial charge >= 0.3 is 0 Å². The largest absolute Gasteiger partial charge is 0.0730 e. The van der Waals surface area contributed by atoms with Gasteiger partial charge in [0.15, 0.2) is 0 Å². The molecule has 0 saturated carbocycles.